The Morgan fingerprint density at radius 3 is 2.33 bits per heavy atom. The summed E-state index contributed by atoms with van der Waals surface area (Å²) < 4.78 is 50.5. The van der Waals surface area contributed by atoms with Crippen molar-refractivity contribution in [1.29, 1.82) is 0 Å². The highest BCUT2D eigenvalue weighted by atomic mass is 19.4. The van der Waals surface area contributed by atoms with Gasteiger partial charge in [0.2, 0.25) is 0 Å². The second-order valence-electron chi connectivity index (χ2n) is 3.79. The summed E-state index contributed by atoms with van der Waals surface area (Å²) in [7, 11) is 1.30. The van der Waals surface area contributed by atoms with Crippen molar-refractivity contribution in [2.45, 2.75) is 19.1 Å². The molecule has 0 spiro atoms. The van der Waals surface area contributed by atoms with Gasteiger partial charge in [-0.25, -0.2) is 9.18 Å². The largest absolute Gasteiger partial charge is 0.480 e. The van der Waals surface area contributed by atoms with Crippen molar-refractivity contribution in [3.63, 3.8) is 0 Å². The molecule has 0 aliphatic heterocycles. The molecule has 3 nitrogen and oxygen atoms in total. The van der Waals surface area contributed by atoms with Crippen LogP contribution in [0.5, 0.6) is 0 Å². The average molecular weight is 265 g/mol. The van der Waals surface area contributed by atoms with Gasteiger partial charge in [-0.2, -0.15) is 13.2 Å². The van der Waals surface area contributed by atoms with Crippen LogP contribution in [0.4, 0.5) is 23.2 Å². The van der Waals surface area contributed by atoms with Crippen LogP contribution >= 0.6 is 0 Å². The van der Waals surface area contributed by atoms with Crippen LogP contribution in [0.1, 0.15) is 12.5 Å². The molecule has 0 saturated heterocycles. The van der Waals surface area contributed by atoms with E-state index in [0.717, 1.165) is 11.0 Å². The number of rotatable bonds is 3. The van der Waals surface area contributed by atoms with Gasteiger partial charge in [0.05, 0.1) is 11.3 Å². The highest BCUT2D eigenvalue weighted by molar-refractivity contribution is 5.77. The summed E-state index contributed by atoms with van der Waals surface area (Å²) in [5.74, 6) is -2.31. The van der Waals surface area contributed by atoms with E-state index in [0.29, 0.717) is 12.1 Å². The molecule has 1 aromatic rings. The molecular formula is C11H11F4NO2. The molecule has 1 aromatic carbocycles. The number of anilines is 1. The quantitative estimate of drug-likeness (QED) is 0.854. The molecule has 0 aliphatic rings. The van der Waals surface area contributed by atoms with Crippen LogP contribution < -0.4 is 4.90 Å². The van der Waals surface area contributed by atoms with Gasteiger partial charge in [-0.05, 0) is 25.1 Å². The third-order valence-corrected chi connectivity index (χ3v) is 2.59. The monoisotopic (exact) mass is 265 g/mol. The normalized spacial score (nSPS) is 13.2. The Balaban J connectivity index is 3.10. The molecule has 1 atom stereocenters. The smallest absolute Gasteiger partial charge is 0.416 e. The number of nitrogens with zero attached hydrogens (tertiary/aromatic N) is 1. The zero-order valence-corrected chi connectivity index (χ0v) is 9.62. The van der Waals surface area contributed by atoms with Crippen LogP contribution in [0.2, 0.25) is 0 Å². The highest BCUT2D eigenvalue weighted by Gasteiger charge is 2.32. The zero-order valence-electron chi connectivity index (χ0n) is 9.62. The Bertz CT molecular complexity index is 459. The number of carbonyl (C=O) groups is 1. The first-order chi connectivity index (χ1) is 8.14. The molecule has 1 N–H and O–H groups in total. The Kier molecular flexibility index (Phi) is 3.83. The van der Waals surface area contributed by atoms with Crippen LogP contribution in [0.3, 0.4) is 0 Å². The predicted molar refractivity (Wildman–Crippen MR) is 56.9 cm³/mol. The Labute approximate surface area is 101 Å². The fraction of sp³-hybridized carbons (Fsp3) is 0.364. The van der Waals surface area contributed by atoms with E-state index in [1.807, 2.05) is 0 Å². The van der Waals surface area contributed by atoms with Crippen LogP contribution in [-0.2, 0) is 11.0 Å². The van der Waals surface area contributed by atoms with Gasteiger partial charge in [-0.3, -0.25) is 0 Å². The second kappa shape index (κ2) is 4.83. The second-order valence-corrected chi connectivity index (χ2v) is 3.79. The molecule has 0 aromatic heterocycles. The van der Waals surface area contributed by atoms with Gasteiger partial charge in [0.1, 0.15) is 11.9 Å². The number of alkyl halides is 3. The molecule has 100 valence electrons. The number of hydrogen-bond acceptors (Lipinski definition) is 2. The summed E-state index contributed by atoms with van der Waals surface area (Å²) in [6.07, 6.45) is -4.63. The lowest BCUT2D eigenvalue weighted by molar-refractivity contribution is -0.139. The summed E-state index contributed by atoms with van der Waals surface area (Å²) in [5.41, 5.74) is -1.31. The maximum Gasteiger partial charge on any atom is 0.416 e. The summed E-state index contributed by atoms with van der Waals surface area (Å²) in [6.45, 7) is 1.31. The van der Waals surface area contributed by atoms with Crippen molar-refractivity contribution in [3.05, 3.63) is 29.6 Å². The van der Waals surface area contributed by atoms with E-state index in [9.17, 15) is 22.4 Å². The van der Waals surface area contributed by atoms with Crippen LogP contribution in [0.25, 0.3) is 0 Å². The van der Waals surface area contributed by atoms with Crippen molar-refractivity contribution in [3.8, 4) is 0 Å². The average Bonchev–Trinajstić information content (AvgIpc) is 2.25. The number of benzene rings is 1. The lowest BCUT2D eigenvalue weighted by atomic mass is 10.1. The van der Waals surface area contributed by atoms with Gasteiger partial charge >= 0.3 is 12.1 Å². The van der Waals surface area contributed by atoms with Crippen molar-refractivity contribution in [2.75, 3.05) is 11.9 Å². The van der Waals surface area contributed by atoms with Gasteiger partial charge in [-0.15, -0.1) is 0 Å². The first-order valence-electron chi connectivity index (χ1n) is 4.97. The number of carboxylic acids is 1. The predicted octanol–water partition coefficient (Wildman–Crippen LogP) is 2.75. The van der Waals surface area contributed by atoms with Crippen LogP contribution in [0, 0.1) is 5.82 Å². The Morgan fingerprint density at radius 2 is 1.94 bits per heavy atom. The molecule has 7 heteroatoms. The number of hydrogen-bond donors (Lipinski definition) is 1. The molecule has 18 heavy (non-hydrogen) atoms. The Hall–Kier alpha value is -1.79. The first kappa shape index (κ1) is 14.3. The molecule has 1 rings (SSSR count). The minimum atomic E-state index is -4.63. The molecule has 1 unspecified atom stereocenters. The molecule has 0 amide bonds. The number of aliphatic carboxylic acids is 1. The SMILES string of the molecule is CC(C(=O)O)N(C)c1ccc(C(F)(F)F)cc1F. The summed E-state index contributed by atoms with van der Waals surface area (Å²) in [6, 6.07) is 0.929. The standard InChI is InChI=1S/C11H11F4NO2/c1-6(10(17)18)16(2)9-4-3-7(5-8(9)12)11(13,14)15/h3-6H,1-2H3,(H,17,18). The minimum absolute atomic E-state index is 0.196. The maximum absolute atomic E-state index is 13.5. The van der Waals surface area contributed by atoms with Crippen molar-refractivity contribution >= 4 is 11.7 Å². The molecule has 0 bridgehead atoms. The fourth-order valence-electron chi connectivity index (χ4n) is 1.34. The van der Waals surface area contributed by atoms with E-state index < -0.39 is 29.6 Å². The first-order valence-corrected chi connectivity index (χ1v) is 4.97. The van der Waals surface area contributed by atoms with Gasteiger partial charge in [0.25, 0.3) is 0 Å². The lowest BCUT2D eigenvalue weighted by Crippen LogP contribution is -2.36. The lowest BCUT2D eigenvalue weighted by Gasteiger charge is -2.24. The van der Waals surface area contributed by atoms with E-state index in [1.54, 1.807) is 0 Å². The van der Waals surface area contributed by atoms with E-state index in [1.165, 1.54) is 14.0 Å². The summed E-state index contributed by atoms with van der Waals surface area (Å²) >= 11 is 0. The van der Waals surface area contributed by atoms with Crippen molar-refractivity contribution in [2.24, 2.45) is 0 Å². The zero-order chi connectivity index (χ0) is 14.1. The van der Waals surface area contributed by atoms with E-state index in [4.69, 9.17) is 5.11 Å². The molecule has 0 fully saturated rings. The number of carboxylic acid groups (broad SMARTS) is 1. The molecule has 0 heterocycles. The number of likely N-dealkylation sites (N-methyl/N-ethyl adjacent to an activating group) is 1. The van der Waals surface area contributed by atoms with Gasteiger partial charge in [0, 0.05) is 7.05 Å². The third-order valence-electron chi connectivity index (χ3n) is 2.59. The van der Waals surface area contributed by atoms with E-state index in [-0.39, 0.29) is 5.69 Å². The van der Waals surface area contributed by atoms with Crippen molar-refractivity contribution < 1.29 is 27.5 Å². The minimum Gasteiger partial charge on any atom is -0.480 e. The molecule has 0 radical (unpaired) electrons. The Morgan fingerprint density at radius 1 is 1.39 bits per heavy atom. The molecule has 0 saturated carbocycles. The van der Waals surface area contributed by atoms with Crippen molar-refractivity contribution in [1.82, 2.24) is 0 Å². The summed E-state index contributed by atoms with van der Waals surface area (Å²) in [5, 5.41) is 8.74. The summed E-state index contributed by atoms with van der Waals surface area (Å²) in [4.78, 5) is 11.8. The molecule has 0 aliphatic carbocycles. The van der Waals surface area contributed by atoms with Crippen LogP contribution in [-0.4, -0.2) is 24.2 Å². The van der Waals surface area contributed by atoms with E-state index in [2.05, 4.69) is 0 Å². The molecular weight excluding hydrogens is 254 g/mol. The highest BCUT2D eigenvalue weighted by Crippen LogP contribution is 2.32. The maximum atomic E-state index is 13.5. The van der Waals surface area contributed by atoms with Crippen LogP contribution in [0.15, 0.2) is 18.2 Å². The van der Waals surface area contributed by atoms with Gasteiger partial charge in [0.15, 0.2) is 0 Å². The van der Waals surface area contributed by atoms with E-state index >= 15 is 0 Å². The third kappa shape index (κ3) is 2.91. The fourth-order valence-corrected chi connectivity index (χ4v) is 1.34. The topological polar surface area (TPSA) is 40.5 Å². The number of halogens is 4. The van der Waals surface area contributed by atoms with Gasteiger partial charge < -0.3 is 10.0 Å². The van der Waals surface area contributed by atoms with Gasteiger partial charge in [-0.1, -0.05) is 0 Å².